The fourth-order valence-electron chi connectivity index (χ4n) is 3.06. The normalized spacial score (nSPS) is 34.3. The first kappa shape index (κ1) is 15.7. The number of rotatable bonds is 4. The maximum atomic E-state index is 12.3. The van der Waals surface area contributed by atoms with Crippen LogP contribution in [-0.4, -0.2) is 37.2 Å². The maximum absolute atomic E-state index is 12.3. The predicted octanol–water partition coefficient (Wildman–Crippen LogP) is 2.51. The Balaban J connectivity index is 1.86. The van der Waals surface area contributed by atoms with Gasteiger partial charge in [0.2, 0.25) is 0 Å². The monoisotopic (exact) mass is 352 g/mol. The summed E-state index contributed by atoms with van der Waals surface area (Å²) < 4.78 is 29.0. The minimum Gasteiger partial charge on any atom is -0.202 e. The van der Waals surface area contributed by atoms with Crippen molar-refractivity contribution < 1.29 is 8.42 Å². The first-order chi connectivity index (χ1) is 8.99. The van der Waals surface area contributed by atoms with Crippen molar-refractivity contribution in [2.24, 2.45) is 11.8 Å². The molecule has 0 spiro atoms. The third-order valence-corrected chi connectivity index (χ3v) is 7.05. The molecule has 1 heterocycles. The zero-order valence-corrected chi connectivity index (χ0v) is 14.0. The van der Waals surface area contributed by atoms with E-state index < -0.39 is 10.2 Å². The highest BCUT2D eigenvalue weighted by molar-refractivity contribution is 9.09. The molecule has 0 amide bonds. The van der Waals surface area contributed by atoms with Gasteiger partial charge in [0.25, 0.3) is 10.2 Å². The third kappa shape index (κ3) is 4.41. The molecule has 0 aromatic rings. The highest BCUT2D eigenvalue weighted by atomic mass is 79.9. The van der Waals surface area contributed by atoms with E-state index in [0.29, 0.717) is 36.3 Å². The molecule has 0 bridgehead atoms. The van der Waals surface area contributed by atoms with Crippen LogP contribution in [0.25, 0.3) is 0 Å². The van der Waals surface area contributed by atoms with Crippen molar-refractivity contribution in [3.8, 4) is 0 Å². The lowest BCUT2D eigenvalue weighted by molar-refractivity contribution is 0.276. The van der Waals surface area contributed by atoms with E-state index in [1.165, 1.54) is 12.8 Å². The summed E-state index contributed by atoms with van der Waals surface area (Å²) >= 11 is 3.68. The van der Waals surface area contributed by atoms with Gasteiger partial charge >= 0.3 is 0 Å². The topological polar surface area (TPSA) is 49.4 Å². The van der Waals surface area contributed by atoms with E-state index in [4.69, 9.17) is 0 Å². The van der Waals surface area contributed by atoms with E-state index in [2.05, 4.69) is 27.6 Å². The molecule has 1 aliphatic carbocycles. The molecule has 0 aromatic heterocycles. The van der Waals surface area contributed by atoms with Gasteiger partial charge < -0.3 is 0 Å². The Labute approximate surface area is 125 Å². The highest BCUT2D eigenvalue weighted by Gasteiger charge is 2.29. The summed E-state index contributed by atoms with van der Waals surface area (Å²) in [6, 6.07) is 0. The third-order valence-electron chi connectivity index (χ3n) is 4.30. The van der Waals surface area contributed by atoms with Gasteiger partial charge in [-0.1, -0.05) is 35.7 Å². The Morgan fingerprint density at radius 1 is 1.21 bits per heavy atom. The molecule has 19 heavy (non-hydrogen) atoms. The number of hydrogen-bond acceptors (Lipinski definition) is 2. The minimum atomic E-state index is -3.28. The second kappa shape index (κ2) is 6.87. The number of hydrogen-bond donors (Lipinski definition) is 1. The fourth-order valence-corrected chi connectivity index (χ4v) is 5.26. The molecule has 3 atom stereocenters. The Bertz CT molecular complexity index is 388. The van der Waals surface area contributed by atoms with E-state index in [9.17, 15) is 8.42 Å². The fraction of sp³-hybridized carbons (Fsp3) is 1.00. The van der Waals surface area contributed by atoms with Crippen LogP contribution in [0.4, 0.5) is 0 Å². The SMILES string of the molecule is CC1CCCN(S(=O)(=O)NCC2CCCCC2Br)C1. The number of nitrogens with zero attached hydrogens (tertiary/aromatic N) is 1. The van der Waals surface area contributed by atoms with Crippen LogP contribution in [0.5, 0.6) is 0 Å². The number of alkyl halides is 1. The van der Waals surface area contributed by atoms with Crippen LogP contribution in [0.1, 0.15) is 45.4 Å². The zero-order chi connectivity index (χ0) is 13.9. The lowest BCUT2D eigenvalue weighted by atomic mass is 9.89. The molecule has 3 unspecified atom stereocenters. The molecule has 112 valence electrons. The molecular weight excluding hydrogens is 328 g/mol. The second-order valence-corrected chi connectivity index (χ2v) is 8.95. The van der Waals surface area contributed by atoms with E-state index >= 15 is 0 Å². The van der Waals surface area contributed by atoms with Crippen LogP contribution in [0.15, 0.2) is 0 Å². The first-order valence-corrected chi connectivity index (χ1v) is 9.73. The molecule has 2 fully saturated rings. The van der Waals surface area contributed by atoms with Crippen molar-refractivity contribution in [1.82, 2.24) is 9.03 Å². The summed E-state index contributed by atoms with van der Waals surface area (Å²) in [5.41, 5.74) is 0. The Kier molecular flexibility index (Phi) is 5.69. The van der Waals surface area contributed by atoms with Crippen LogP contribution in [0.2, 0.25) is 0 Å². The molecule has 0 aromatic carbocycles. The van der Waals surface area contributed by atoms with E-state index in [-0.39, 0.29) is 0 Å². The lowest BCUT2D eigenvalue weighted by Crippen LogP contribution is -2.47. The number of piperidine rings is 1. The standard InChI is InChI=1S/C13H25BrN2O2S/c1-11-5-4-8-16(10-11)19(17,18)15-9-12-6-2-3-7-13(12)14/h11-13,15H,2-10H2,1H3. The van der Waals surface area contributed by atoms with Crippen LogP contribution < -0.4 is 4.72 Å². The summed E-state index contributed by atoms with van der Waals surface area (Å²) in [4.78, 5) is 0.462. The quantitative estimate of drug-likeness (QED) is 0.790. The van der Waals surface area contributed by atoms with Gasteiger partial charge in [-0.05, 0) is 37.5 Å². The van der Waals surface area contributed by atoms with Crippen molar-refractivity contribution in [2.45, 2.75) is 50.3 Å². The van der Waals surface area contributed by atoms with Crippen molar-refractivity contribution in [1.29, 1.82) is 0 Å². The molecule has 1 aliphatic heterocycles. The van der Waals surface area contributed by atoms with Gasteiger partial charge in [0.1, 0.15) is 0 Å². The van der Waals surface area contributed by atoms with E-state index in [1.54, 1.807) is 4.31 Å². The van der Waals surface area contributed by atoms with Gasteiger partial charge in [0.15, 0.2) is 0 Å². The molecule has 6 heteroatoms. The summed E-state index contributed by atoms with van der Waals surface area (Å²) in [6.07, 6.45) is 6.87. The maximum Gasteiger partial charge on any atom is 0.279 e. The van der Waals surface area contributed by atoms with Gasteiger partial charge in [-0.25, -0.2) is 4.72 Å². The van der Waals surface area contributed by atoms with Crippen molar-refractivity contribution in [3.63, 3.8) is 0 Å². The van der Waals surface area contributed by atoms with Gasteiger partial charge in [0, 0.05) is 24.5 Å². The van der Waals surface area contributed by atoms with Gasteiger partial charge in [-0.15, -0.1) is 0 Å². The van der Waals surface area contributed by atoms with Crippen molar-refractivity contribution >= 4 is 26.1 Å². The molecule has 1 saturated heterocycles. The average Bonchev–Trinajstić information content (AvgIpc) is 2.38. The second-order valence-electron chi connectivity index (χ2n) is 6.02. The smallest absolute Gasteiger partial charge is 0.202 e. The molecule has 2 aliphatic rings. The largest absolute Gasteiger partial charge is 0.279 e. The van der Waals surface area contributed by atoms with E-state index in [1.807, 2.05) is 0 Å². The molecule has 1 N–H and O–H groups in total. The van der Waals surface area contributed by atoms with Crippen molar-refractivity contribution in [3.05, 3.63) is 0 Å². The average molecular weight is 353 g/mol. The zero-order valence-electron chi connectivity index (χ0n) is 11.6. The summed E-state index contributed by atoms with van der Waals surface area (Å²) in [7, 11) is -3.28. The molecule has 2 rings (SSSR count). The molecule has 0 radical (unpaired) electrons. The Hall–Kier alpha value is 0.350. The highest BCUT2D eigenvalue weighted by Crippen LogP contribution is 2.29. The first-order valence-electron chi connectivity index (χ1n) is 7.38. The molecular formula is C13H25BrN2O2S. The molecule has 1 saturated carbocycles. The van der Waals surface area contributed by atoms with Gasteiger partial charge in [-0.2, -0.15) is 12.7 Å². The summed E-state index contributed by atoms with van der Waals surface area (Å²) in [5.74, 6) is 0.912. The van der Waals surface area contributed by atoms with Crippen LogP contribution in [0.3, 0.4) is 0 Å². The van der Waals surface area contributed by atoms with Gasteiger partial charge in [-0.3, -0.25) is 0 Å². The summed E-state index contributed by atoms with van der Waals surface area (Å²) in [5, 5.41) is 0. The van der Waals surface area contributed by atoms with Crippen LogP contribution in [-0.2, 0) is 10.2 Å². The van der Waals surface area contributed by atoms with Crippen LogP contribution in [0, 0.1) is 11.8 Å². The summed E-state index contributed by atoms with van der Waals surface area (Å²) in [6.45, 7) is 4.03. The Morgan fingerprint density at radius 3 is 2.63 bits per heavy atom. The van der Waals surface area contributed by atoms with E-state index in [0.717, 1.165) is 25.7 Å². The lowest BCUT2D eigenvalue weighted by Gasteiger charge is -2.32. The van der Waals surface area contributed by atoms with Crippen molar-refractivity contribution in [2.75, 3.05) is 19.6 Å². The molecule has 4 nitrogen and oxygen atoms in total. The van der Waals surface area contributed by atoms with Crippen LogP contribution >= 0.6 is 15.9 Å². The predicted molar refractivity (Wildman–Crippen MR) is 81.6 cm³/mol. The number of nitrogens with one attached hydrogen (secondary N) is 1. The Morgan fingerprint density at radius 2 is 1.95 bits per heavy atom. The minimum absolute atomic E-state index is 0.436. The van der Waals surface area contributed by atoms with Gasteiger partial charge in [0.05, 0.1) is 0 Å². The number of halogens is 1.